The highest BCUT2D eigenvalue weighted by Crippen LogP contribution is 2.50. The number of hydrogen-bond acceptors (Lipinski definition) is 6. The van der Waals surface area contributed by atoms with Gasteiger partial charge in [-0.2, -0.15) is 5.26 Å². The maximum Gasteiger partial charge on any atom is 0.346 e. The molecule has 0 aliphatic carbocycles. The molecule has 252 valence electrons. The number of nitriles is 1. The summed E-state index contributed by atoms with van der Waals surface area (Å²) in [6.07, 6.45) is 19.9. The van der Waals surface area contributed by atoms with E-state index in [4.69, 9.17) is 9.47 Å². The fourth-order valence-electron chi connectivity index (χ4n) is 5.67. The van der Waals surface area contributed by atoms with Gasteiger partial charge >= 0.3 is 5.97 Å². The molecule has 1 aromatic heterocycles. The van der Waals surface area contributed by atoms with Crippen molar-refractivity contribution in [2.45, 2.75) is 65.2 Å². The lowest BCUT2D eigenvalue weighted by Crippen LogP contribution is -2.15. The second kappa shape index (κ2) is 17.9. The number of carboxylic acids is 1. The van der Waals surface area contributed by atoms with E-state index in [1.807, 2.05) is 12.1 Å². The lowest BCUT2D eigenvalue weighted by Gasteiger charge is -2.26. The predicted molar refractivity (Wildman–Crippen MR) is 203 cm³/mol. The molecular formula is C42H44N2O4S. The van der Waals surface area contributed by atoms with E-state index in [1.54, 1.807) is 6.07 Å². The van der Waals surface area contributed by atoms with E-state index in [0.717, 1.165) is 40.3 Å². The zero-order valence-electron chi connectivity index (χ0n) is 28.4. The maximum atomic E-state index is 11.5. The van der Waals surface area contributed by atoms with Gasteiger partial charge in [0.25, 0.3) is 0 Å². The molecule has 1 aliphatic heterocycles. The molecule has 0 saturated carbocycles. The lowest BCUT2D eigenvalue weighted by molar-refractivity contribution is -0.132. The maximum absolute atomic E-state index is 11.5. The summed E-state index contributed by atoms with van der Waals surface area (Å²) >= 11 is 1.35. The third kappa shape index (κ3) is 9.31. The van der Waals surface area contributed by atoms with Crippen LogP contribution in [0.2, 0.25) is 0 Å². The lowest BCUT2D eigenvalue weighted by atomic mass is 10.1. The number of rotatable bonds is 16. The Morgan fingerprint density at radius 3 is 1.73 bits per heavy atom. The molecule has 6 nitrogen and oxygen atoms in total. The number of ether oxygens (including phenoxy) is 2. The van der Waals surface area contributed by atoms with Crippen LogP contribution in [0.3, 0.4) is 0 Å². The average molecular weight is 673 g/mol. The average Bonchev–Trinajstić information content (AvgIpc) is 3.50. The fourth-order valence-corrected chi connectivity index (χ4v) is 6.81. The first kappa shape index (κ1) is 35.3. The first-order valence-corrected chi connectivity index (χ1v) is 18.0. The molecule has 2 heterocycles. The first-order valence-electron chi connectivity index (χ1n) is 17.2. The van der Waals surface area contributed by atoms with E-state index in [0.29, 0.717) is 29.6 Å². The summed E-state index contributed by atoms with van der Waals surface area (Å²) in [7, 11) is 0. The number of carboxylic acid groups (broad SMARTS) is 1. The molecule has 49 heavy (non-hydrogen) atoms. The Morgan fingerprint density at radius 1 is 0.776 bits per heavy atom. The molecule has 0 amide bonds. The standard InChI is InChI=1S/C42H44N2O4S/c1-3-5-7-9-11-13-31-15-21-35(22-16-31)44(36-23-17-32(18-24-36)14-12-10-8-6-4-2)37-25-19-33(20-26-37)41-40-39(47-27-28-48-40)38(49-41)29-34(30-43)42(45)46/h11-26,29H,3-10,27-28H2,1-2H3,(H,45,46)/b13-11+,14-12+,34-29+. The summed E-state index contributed by atoms with van der Waals surface area (Å²) < 4.78 is 11.9. The van der Waals surface area contributed by atoms with Gasteiger partial charge in [-0.15, -0.1) is 11.3 Å². The quantitative estimate of drug-likeness (QED) is 0.0724. The van der Waals surface area contributed by atoms with Gasteiger partial charge in [-0.3, -0.25) is 0 Å². The van der Waals surface area contributed by atoms with Crippen molar-refractivity contribution in [3.05, 3.63) is 107 Å². The van der Waals surface area contributed by atoms with Gasteiger partial charge in [0.15, 0.2) is 11.5 Å². The Kier molecular flexibility index (Phi) is 12.9. The van der Waals surface area contributed by atoms with Crippen LogP contribution in [0.25, 0.3) is 28.7 Å². The van der Waals surface area contributed by atoms with Crippen molar-refractivity contribution in [2.75, 3.05) is 18.1 Å². The van der Waals surface area contributed by atoms with E-state index in [9.17, 15) is 15.2 Å². The van der Waals surface area contributed by atoms with Gasteiger partial charge in [-0.25, -0.2) is 4.79 Å². The third-order valence-electron chi connectivity index (χ3n) is 8.31. The van der Waals surface area contributed by atoms with Gasteiger partial charge in [0.1, 0.15) is 24.9 Å². The summed E-state index contributed by atoms with van der Waals surface area (Å²) in [4.78, 5) is 15.2. The number of allylic oxidation sites excluding steroid dienone is 2. The monoisotopic (exact) mass is 672 g/mol. The zero-order chi connectivity index (χ0) is 34.4. The van der Waals surface area contributed by atoms with Crippen molar-refractivity contribution in [1.29, 1.82) is 5.26 Å². The van der Waals surface area contributed by atoms with Gasteiger partial charge in [0.2, 0.25) is 0 Å². The number of fused-ring (bicyclic) bond motifs is 1. The van der Waals surface area contributed by atoms with Gasteiger partial charge in [0.05, 0.1) is 9.75 Å². The molecule has 7 heteroatoms. The number of benzene rings is 3. The molecule has 0 unspecified atom stereocenters. The largest absolute Gasteiger partial charge is 0.485 e. The van der Waals surface area contributed by atoms with Crippen molar-refractivity contribution in [1.82, 2.24) is 0 Å². The number of thiophene rings is 1. The highest BCUT2D eigenvalue weighted by molar-refractivity contribution is 7.17. The normalized spacial score (nSPS) is 12.8. The molecule has 1 N–H and O–H groups in total. The molecule has 0 saturated heterocycles. The highest BCUT2D eigenvalue weighted by Gasteiger charge is 2.26. The summed E-state index contributed by atoms with van der Waals surface area (Å²) in [5.41, 5.74) is 6.01. The number of carbonyl (C=O) groups is 1. The summed E-state index contributed by atoms with van der Waals surface area (Å²) in [5, 5.41) is 18.8. The minimum absolute atomic E-state index is 0.355. The smallest absolute Gasteiger partial charge is 0.346 e. The minimum Gasteiger partial charge on any atom is -0.485 e. The Morgan fingerprint density at radius 2 is 1.27 bits per heavy atom. The van der Waals surface area contributed by atoms with E-state index in [-0.39, 0.29) is 5.57 Å². The Balaban J connectivity index is 1.46. The SMILES string of the molecule is CCCCC/C=C/c1ccc(N(c2ccc(/C=C/CCCCC)cc2)c2ccc(-c3sc(/C=C(\C#N)C(=O)O)c4c3OCCO4)cc2)cc1. The van der Waals surface area contributed by atoms with E-state index in [1.165, 1.54) is 67.1 Å². The molecule has 0 spiro atoms. The molecule has 0 bridgehead atoms. The molecule has 3 aromatic carbocycles. The molecule has 0 radical (unpaired) electrons. The van der Waals surface area contributed by atoms with Crippen molar-refractivity contribution in [3.63, 3.8) is 0 Å². The molecule has 4 aromatic rings. The topological polar surface area (TPSA) is 82.8 Å². The van der Waals surface area contributed by atoms with Crippen LogP contribution in [0.1, 0.15) is 81.2 Å². The van der Waals surface area contributed by atoms with Crippen LogP contribution >= 0.6 is 11.3 Å². The number of aliphatic carboxylic acids is 1. The van der Waals surface area contributed by atoms with Crippen molar-refractivity contribution < 1.29 is 19.4 Å². The Bertz CT molecular complexity index is 1750. The van der Waals surface area contributed by atoms with Crippen LogP contribution < -0.4 is 14.4 Å². The molecule has 5 rings (SSSR count). The Hall–Kier alpha value is -5.06. The molecule has 0 atom stereocenters. The van der Waals surface area contributed by atoms with E-state index < -0.39 is 5.97 Å². The second-order valence-corrected chi connectivity index (χ2v) is 13.0. The minimum atomic E-state index is -1.28. The summed E-state index contributed by atoms with van der Waals surface area (Å²) in [5.74, 6) is -0.226. The predicted octanol–water partition coefficient (Wildman–Crippen LogP) is 11.8. The fraction of sp³-hybridized carbons (Fsp3) is 0.286. The van der Waals surface area contributed by atoms with Gasteiger partial charge in [-0.1, -0.05) is 100 Å². The van der Waals surface area contributed by atoms with Gasteiger partial charge in [-0.05, 0) is 84.8 Å². The molecular weight excluding hydrogens is 629 g/mol. The van der Waals surface area contributed by atoms with Crippen LogP contribution in [0, 0.1) is 11.3 Å². The molecule has 0 fully saturated rings. The first-order chi connectivity index (χ1) is 24.0. The highest BCUT2D eigenvalue weighted by atomic mass is 32.1. The summed E-state index contributed by atoms with van der Waals surface area (Å²) in [6, 6.07) is 27.3. The number of anilines is 3. The number of hydrogen-bond donors (Lipinski definition) is 1. The summed E-state index contributed by atoms with van der Waals surface area (Å²) in [6.45, 7) is 5.20. The van der Waals surface area contributed by atoms with Crippen LogP contribution in [0.5, 0.6) is 11.5 Å². The zero-order valence-corrected chi connectivity index (χ0v) is 29.2. The number of unbranched alkanes of at least 4 members (excludes halogenated alkanes) is 6. The van der Waals surface area contributed by atoms with Crippen molar-refractivity contribution >= 4 is 52.6 Å². The number of nitrogens with zero attached hydrogens (tertiary/aromatic N) is 2. The van der Waals surface area contributed by atoms with E-state index in [2.05, 4.69) is 104 Å². The van der Waals surface area contributed by atoms with Crippen LogP contribution in [0.4, 0.5) is 17.1 Å². The van der Waals surface area contributed by atoms with E-state index >= 15 is 0 Å². The van der Waals surface area contributed by atoms with Gasteiger partial charge in [0, 0.05) is 17.1 Å². The van der Waals surface area contributed by atoms with Gasteiger partial charge < -0.3 is 19.5 Å². The van der Waals surface area contributed by atoms with Crippen LogP contribution in [-0.4, -0.2) is 24.3 Å². The van der Waals surface area contributed by atoms with Crippen molar-refractivity contribution in [2.24, 2.45) is 0 Å². The van der Waals surface area contributed by atoms with Crippen molar-refractivity contribution in [3.8, 4) is 28.0 Å². The third-order valence-corrected chi connectivity index (χ3v) is 9.46. The molecule has 1 aliphatic rings. The second-order valence-electron chi connectivity index (χ2n) is 12.0. The van der Waals surface area contributed by atoms with Crippen LogP contribution in [-0.2, 0) is 4.79 Å². The van der Waals surface area contributed by atoms with Crippen LogP contribution in [0.15, 0.2) is 90.5 Å². The Labute approximate surface area is 294 Å².